The third kappa shape index (κ3) is 3.07. The highest BCUT2D eigenvalue weighted by Gasteiger charge is 2.42. The zero-order chi connectivity index (χ0) is 12.3. The minimum atomic E-state index is -5.12. The van der Waals surface area contributed by atoms with Crippen LogP contribution in [-0.4, -0.2) is 17.5 Å². The lowest BCUT2D eigenvalue weighted by molar-refractivity contribution is -0.384. The first-order chi connectivity index (χ1) is 7.30. The van der Waals surface area contributed by atoms with Crippen molar-refractivity contribution in [3.8, 4) is 5.75 Å². The first-order valence-corrected chi connectivity index (χ1v) is 3.92. The molecule has 0 aromatic heterocycles. The number of hydrogen-bond acceptors (Lipinski definition) is 3. The van der Waals surface area contributed by atoms with Crippen LogP contribution in [0.1, 0.15) is 0 Å². The van der Waals surface area contributed by atoms with E-state index in [4.69, 9.17) is 0 Å². The van der Waals surface area contributed by atoms with Crippen molar-refractivity contribution in [1.29, 1.82) is 0 Å². The monoisotopic (exact) mass is 239 g/mol. The number of ether oxygens (including phenoxy) is 1. The fourth-order valence-corrected chi connectivity index (χ4v) is 0.833. The fraction of sp³-hybridized carbons (Fsp3) is 0.250. The van der Waals surface area contributed by atoms with E-state index in [1.807, 2.05) is 0 Å². The molecule has 8 heteroatoms. The van der Waals surface area contributed by atoms with E-state index in [2.05, 4.69) is 4.74 Å². The molecule has 0 aliphatic heterocycles. The van der Waals surface area contributed by atoms with Crippen LogP contribution in [-0.2, 0) is 0 Å². The van der Waals surface area contributed by atoms with E-state index in [0.29, 0.717) is 0 Å². The van der Waals surface area contributed by atoms with Crippen LogP contribution in [0.25, 0.3) is 0 Å². The molecule has 0 saturated carbocycles. The Balaban J connectivity index is 2.73. The molecule has 0 radical (unpaired) electrons. The summed E-state index contributed by atoms with van der Waals surface area (Å²) in [5.74, 6) is -0.435. The van der Waals surface area contributed by atoms with Crippen molar-refractivity contribution in [3.63, 3.8) is 0 Å². The lowest BCUT2D eigenvalue weighted by atomic mass is 10.3. The molecule has 1 atom stereocenters. The fourth-order valence-electron chi connectivity index (χ4n) is 0.833. The van der Waals surface area contributed by atoms with Crippen molar-refractivity contribution in [2.24, 2.45) is 0 Å². The molecule has 1 rings (SSSR count). The average molecular weight is 239 g/mol. The number of nitro benzene ring substituents is 1. The van der Waals surface area contributed by atoms with Crippen molar-refractivity contribution >= 4 is 5.69 Å². The molecular formula is C8H5F4NO3. The molecule has 16 heavy (non-hydrogen) atoms. The van der Waals surface area contributed by atoms with Gasteiger partial charge in [0.05, 0.1) is 4.92 Å². The van der Waals surface area contributed by atoms with E-state index in [1.54, 1.807) is 0 Å². The maximum atomic E-state index is 12.4. The van der Waals surface area contributed by atoms with Gasteiger partial charge in [-0.2, -0.15) is 17.6 Å². The van der Waals surface area contributed by atoms with Crippen LogP contribution in [0, 0.1) is 10.1 Å². The summed E-state index contributed by atoms with van der Waals surface area (Å²) in [6.45, 7) is 0. The van der Waals surface area contributed by atoms with Gasteiger partial charge < -0.3 is 4.74 Å². The van der Waals surface area contributed by atoms with Gasteiger partial charge in [-0.3, -0.25) is 10.1 Å². The third-order valence-electron chi connectivity index (χ3n) is 1.54. The van der Waals surface area contributed by atoms with Crippen LogP contribution < -0.4 is 4.74 Å². The molecule has 0 saturated heterocycles. The van der Waals surface area contributed by atoms with Crippen molar-refractivity contribution < 1.29 is 27.2 Å². The Hall–Kier alpha value is -1.86. The lowest BCUT2D eigenvalue weighted by Gasteiger charge is -2.13. The number of halogens is 4. The Labute approximate surface area is 86.6 Å². The van der Waals surface area contributed by atoms with E-state index in [1.165, 1.54) is 0 Å². The van der Waals surface area contributed by atoms with Gasteiger partial charge in [-0.05, 0) is 12.1 Å². The molecule has 0 bridgehead atoms. The molecule has 0 amide bonds. The second-order valence-electron chi connectivity index (χ2n) is 2.73. The van der Waals surface area contributed by atoms with Crippen LogP contribution >= 0.6 is 0 Å². The van der Waals surface area contributed by atoms with Gasteiger partial charge in [0.2, 0.25) is 0 Å². The molecule has 0 N–H and O–H groups in total. The second kappa shape index (κ2) is 4.33. The number of nitrogens with zero attached hydrogens (tertiary/aromatic N) is 1. The molecule has 88 valence electrons. The molecule has 0 spiro atoms. The Kier molecular flexibility index (Phi) is 3.31. The zero-order valence-electron chi connectivity index (χ0n) is 7.57. The molecular weight excluding hydrogens is 234 g/mol. The van der Waals surface area contributed by atoms with Gasteiger partial charge in [0.25, 0.3) is 5.69 Å². The minimum absolute atomic E-state index is 0.324. The number of nitro groups is 1. The van der Waals surface area contributed by atoms with E-state index in [9.17, 15) is 27.7 Å². The molecule has 0 aliphatic rings. The largest absolute Gasteiger partial charge is 0.457 e. The Morgan fingerprint density at radius 3 is 2.12 bits per heavy atom. The normalized spacial score (nSPS) is 13.2. The summed E-state index contributed by atoms with van der Waals surface area (Å²) in [6, 6.07) is 3.60. The van der Waals surface area contributed by atoms with Crippen LogP contribution in [0.3, 0.4) is 0 Å². The van der Waals surface area contributed by atoms with Gasteiger partial charge in [0.15, 0.2) is 0 Å². The van der Waals surface area contributed by atoms with Crippen molar-refractivity contribution in [2.75, 3.05) is 0 Å². The van der Waals surface area contributed by atoms with Crippen LogP contribution in [0.5, 0.6) is 5.75 Å². The van der Waals surface area contributed by atoms with Crippen molar-refractivity contribution in [3.05, 3.63) is 34.4 Å². The SMILES string of the molecule is O=[N+]([O-])c1ccc(OC(F)C(F)(F)F)cc1. The number of alkyl halides is 4. The Morgan fingerprint density at radius 2 is 1.75 bits per heavy atom. The average Bonchev–Trinajstić information content (AvgIpc) is 2.17. The van der Waals surface area contributed by atoms with E-state index < -0.39 is 23.2 Å². The number of non-ortho nitro benzene ring substituents is 1. The van der Waals surface area contributed by atoms with Gasteiger partial charge in [-0.1, -0.05) is 0 Å². The van der Waals surface area contributed by atoms with E-state index in [-0.39, 0.29) is 5.69 Å². The summed E-state index contributed by atoms with van der Waals surface area (Å²) in [4.78, 5) is 9.47. The van der Waals surface area contributed by atoms with Crippen LogP contribution in [0.2, 0.25) is 0 Å². The number of benzene rings is 1. The van der Waals surface area contributed by atoms with E-state index >= 15 is 0 Å². The highest BCUT2D eigenvalue weighted by Crippen LogP contribution is 2.26. The lowest BCUT2D eigenvalue weighted by Crippen LogP contribution is -2.29. The predicted molar refractivity (Wildman–Crippen MR) is 44.7 cm³/mol. The molecule has 1 unspecified atom stereocenters. The first kappa shape index (κ1) is 12.2. The quantitative estimate of drug-likeness (QED) is 0.463. The number of rotatable bonds is 3. The first-order valence-electron chi connectivity index (χ1n) is 3.92. The molecule has 0 aliphatic carbocycles. The maximum Gasteiger partial charge on any atom is 0.457 e. The standard InChI is InChI=1S/C8H5F4NO3/c9-7(8(10,11)12)16-6-3-1-5(2-4-6)13(14)15/h1-4,7H. The summed E-state index contributed by atoms with van der Waals surface area (Å²) < 4.78 is 51.5. The van der Waals surface area contributed by atoms with E-state index in [0.717, 1.165) is 24.3 Å². The van der Waals surface area contributed by atoms with Crippen LogP contribution in [0.15, 0.2) is 24.3 Å². The number of hydrogen-bond donors (Lipinski definition) is 0. The molecule has 1 aromatic carbocycles. The second-order valence-corrected chi connectivity index (χ2v) is 2.73. The van der Waals surface area contributed by atoms with Gasteiger partial charge in [0, 0.05) is 12.1 Å². The van der Waals surface area contributed by atoms with Gasteiger partial charge in [-0.25, -0.2) is 0 Å². The predicted octanol–water partition coefficient (Wildman–Crippen LogP) is 2.83. The Bertz CT molecular complexity index is 376. The van der Waals surface area contributed by atoms with Gasteiger partial charge >= 0.3 is 12.5 Å². The highest BCUT2D eigenvalue weighted by molar-refractivity contribution is 5.36. The summed E-state index contributed by atoms with van der Waals surface area (Å²) in [5.41, 5.74) is -0.324. The smallest absolute Gasteiger partial charge is 0.452 e. The molecule has 4 nitrogen and oxygen atoms in total. The Morgan fingerprint density at radius 1 is 1.25 bits per heavy atom. The molecule has 0 fully saturated rings. The van der Waals surface area contributed by atoms with Crippen molar-refractivity contribution in [2.45, 2.75) is 12.5 Å². The summed E-state index contributed by atoms with van der Waals surface area (Å²) in [6.07, 6.45) is -8.57. The summed E-state index contributed by atoms with van der Waals surface area (Å²) >= 11 is 0. The third-order valence-corrected chi connectivity index (χ3v) is 1.54. The summed E-state index contributed by atoms with van der Waals surface area (Å²) in [5, 5.41) is 10.2. The van der Waals surface area contributed by atoms with Crippen molar-refractivity contribution in [1.82, 2.24) is 0 Å². The maximum absolute atomic E-state index is 12.4. The minimum Gasteiger partial charge on any atom is -0.452 e. The van der Waals surface area contributed by atoms with Gasteiger partial charge in [0.1, 0.15) is 5.75 Å². The van der Waals surface area contributed by atoms with Gasteiger partial charge in [-0.15, -0.1) is 0 Å². The topological polar surface area (TPSA) is 52.4 Å². The summed E-state index contributed by atoms with van der Waals surface area (Å²) in [7, 11) is 0. The highest BCUT2D eigenvalue weighted by atomic mass is 19.4. The molecule has 0 heterocycles. The zero-order valence-corrected chi connectivity index (χ0v) is 7.57. The van der Waals surface area contributed by atoms with Crippen LogP contribution in [0.4, 0.5) is 23.2 Å². The molecule has 1 aromatic rings.